The molecular formula is C6H5FN2O3. The summed E-state index contributed by atoms with van der Waals surface area (Å²) < 4.78 is 17.2. The molecule has 1 rings (SSSR count). The van der Waals surface area contributed by atoms with E-state index in [0.29, 0.717) is 0 Å². The molecule has 0 fully saturated rings. The Bertz CT molecular complexity index is 316. The Kier molecular flexibility index (Phi) is 2.18. The highest BCUT2D eigenvalue weighted by molar-refractivity contribution is 5.34. The summed E-state index contributed by atoms with van der Waals surface area (Å²) in [6.07, 6.45) is 0.747. The predicted molar refractivity (Wildman–Crippen MR) is 37.4 cm³/mol. The first kappa shape index (κ1) is 8.38. The summed E-state index contributed by atoms with van der Waals surface area (Å²) in [5.41, 5.74) is -0.637. The third kappa shape index (κ3) is 1.47. The van der Waals surface area contributed by atoms with Crippen molar-refractivity contribution in [2.75, 3.05) is 7.11 Å². The standard InChI is InChI=1S/C6H5FN2O3/c1-12-6-2-5(9(10)11)4(7)3-8-6/h2-3H,1H3. The zero-order valence-corrected chi connectivity index (χ0v) is 6.15. The van der Waals surface area contributed by atoms with E-state index < -0.39 is 16.4 Å². The van der Waals surface area contributed by atoms with Gasteiger partial charge in [0, 0.05) is 0 Å². The lowest BCUT2D eigenvalue weighted by molar-refractivity contribution is -0.387. The number of ether oxygens (including phenoxy) is 1. The highest BCUT2D eigenvalue weighted by Crippen LogP contribution is 2.19. The molecule has 0 saturated heterocycles. The summed E-state index contributed by atoms with van der Waals surface area (Å²) in [4.78, 5) is 12.8. The molecule has 0 saturated carbocycles. The van der Waals surface area contributed by atoms with Crippen LogP contribution in [0.4, 0.5) is 10.1 Å². The average molecular weight is 172 g/mol. The van der Waals surface area contributed by atoms with Crippen molar-refractivity contribution in [2.45, 2.75) is 0 Å². The second-order valence-electron chi connectivity index (χ2n) is 1.94. The number of aromatic nitrogens is 1. The Morgan fingerprint density at radius 1 is 1.75 bits per heavy atom. The number of hydrogen-bond donors (Lipinski definition) is 0. The SMILES string of the molecule is COc1cc([N+](=O)[O-])c(F)cn1. The Labute approximate surface area is 66.9 Å². The van der Waals surface area contributed by atoms with E-state index in [0.717, 1.165) is 12.3 Å². The number of pyridine rings is 1. The monoisotopic (exact) mass is 172 g/mol. The van der Waals surface area contributed by atoms with Crippen LogP contribution >= 0.6 is 0 Å². The molecule has 0 aliphatic heterocycles. The molecule has 0 N–H and O–H groups in total. The maximum atomic E-state index is 12.6. The van der Waals surface area contributed by atoms with Crippen molar-refractivity contribution in [1.82, 2.24) is 4.98 Å². The van der Waals surface area contributed by atoms with Crippen LogP contribution in [0.15, 0.2) is 12.3 Å². The molecule has 0 aliphatic rings. The van der Waals surface area contributed by atoms with Gasteiger partial charge in [0.05, 0.1) is 24.3 Å². The van der Waals surface area contributed by atoms with E-state index in [1.165, 1.54) is 7.11 Å². The van der Waals surface area contributed by atoms with Crippen LogP contribution in [0, 0.1) is 15.9 Å². The fourth-order valence-corrected chi connectivity index (χ4v) is 0.661. The van der Waals surface area contributed by atoms with Crippen molar-refractivity contribution >= 4 is 5.69 Å². The molecule has 0 aromatic carbocycles. The van der Waals surface area contributed by atoms with Crippen molar-refractivity contribution in [3.8, 4) is 5.88 Å². The van der Waals surface area contributed by atoms with Crippen LogP contribution in [-0.4, -0.2) is 17.0 Å². The molecule has 0 atom stereocenters. The smallest absolute Gasteiger partial charge is 0.311 e. The third-order valence-corrected chi connectivity index (χ3v) is 1.22. The number of nitro groups is 1. The molecule has 5 nitrogen and oxygen atoms in total. The number of hydrogen-bond acceptors (Lipinski definition) is 4. The molecule has 6 heteroatoms. The molecule has 0 aliphatic carbocycles. The first-order chi connectivity index (χ1) is 5.65. The minimum atomic E-state index is -0.971. The molecule has 0 unspecified atom stereocenters. The first-order valence-corrected chi connectivity index (χ1v) is 2.99. The summed E-state index contributed by atoms with van der Waals surface area (Å²) in [7, 11) is 1.30. The van der Waals surface area contributed by atoms with Gasteiger partial charge in [0.1, 0.15) is 0 Å². The van der Waals surface area contributed by atoms with E-state index in [2.05, 4.69) is 9.72 Å². The minimum Gasteiger partial charge on any atom is -0.481 e. The van der Waals surface area contributed by atoms with Gasteiger partial charge < -0.3 is 4.74 Å². The average Bonchev–Trinajstić information content (AvgIpc) is 2.05. The van der Waals surface area contributed by atoms with E-state index in [1.54, 1.807) is 0 Å². The lowest BCUT2D eigenvalue weighted by atomic mass is 10.4. The quantitative estimate of drug-likeness (QED) is 0.495. The van der Waals surface area contributed by atoms with Crippen molar-refractivity contribution in [1.29, 1.82) is 0 Å². The summed E-state index contributed by atoms with van der Waals surface area (Å²) in [6, 6.07) is 0.926. The van der Waals surface area contributed by atoms with E-state index in [4.69, 9.17) is 0 Å². The van der Waals surface area contributed by atoms with Crippen LogP contribution in [0.3, 0.4) is 0 Å². The van der Waals surface area contributed by atoms with Gasteiger partial charge in [0.25, 0.3) is 0 Å². The highest BCUT2D eigenvalue weighted by Gasteiger charge is 2.15. The molecule has 1 heterocycles. The third-order valence-electron chi connectivity index (χ3n) is 1.22. The van der Waals surface area contributed by atoms with E-state index >= 15 is 0 Å². The minimum absolute atomic E-state index is 0.0168. The topological polar surface area (TPSA) is 65.3 Å². The normalized spacial score (nSPS) is 9.50. The second kappa shape index (κ2) is 3.12. The van der Waals surface area contributed by atoms with Crippen LogP contribution in [0.2, 0.25) is 0 Å². The molecule has 0 spiro atoms. The van der Waals surface area contributed by atoms with Crippen molar-refractivity contribution in [2.24, 2.45) is 0 Å². The Morgan fingerprint density at radius 3 is 2.92 bits per heavy atom. The van der Waals surface area contributed by atoms with Gasteiger partial charge >= 0.3 is 5.69 Å². The van der Waals surface area contributed by atoms with Crippen LogP contribution in [0.1, 0.15) is 0 Å². The lowest BCUT2D eigenvalue weighted by Crippen LogP contribution is -1.95. The highest BCUT2D eigenvalue weighted by atomic mass is 19.1. The second-order valence-corrected chi connectivity index (χ2v) is 1.94. The Hall–Kier alpha value is -1.72. The Morgan fingerprint density at radius 2 is 2.42 bits per heavy atom. The van der Waals surface area contributed by atoms with Crippen molar-refractivity contribution < 1.29 is 14.1 Å². The molecular weight excluding hydrogens is 167 g/mol. The van der Waals surface area contributed by atoms with Crippen molar-refractivity contribution in [3.63, 3.8) is 0 Å². The molecule has 1 aromatic rings. The van der Waals surface area contributed by atoms with Gasteiger partial charge in [-0.15, -0.1) is 0 Å². The van der Waals surface area contributed by atoms with Gasteiger partial charge in [-0.25, -0.2) is 4.98 Å². The van der Waals surface area contributed by atoms with Gasteiger partial charge in [-0.1, -0.05) is 0 Å². The van der Waals surface area contributed by atoms with Crippen molar-refractivity contribution in [3.05, 3.63) is 28.2 Å². The molecule has 0 bridgehead atoms. The number of halogens is 1. The molecule has 0 radical (unpaired) electrons. The Balaban J connectivity index is 3.17. The number of nitrogens with zero attached hydrogens (tertiary/aromatic N) is 2. The van der Waals surface area contributed by atoms with Gasteiger partial charge in [0.15, 0.2) is 0 Å². The zero-order valence-electron chi connectivity index (χ0n) is 6.15. The maximum absolute atomic E-state index is 12.6. The zero-order chi connectivity index (χ0) is 9.14. The van der Waals surface area contributed by atoms with E-state index in [-0.39, 0.29) is 5.88 Å². The molecule has 1 aromatic heterocycles. The van der Waals surface area contributed by atoms with Crippen LogP contribution in [-0.2, 0) is 0 Å². The maximum Gasteiger partial charge on any atom is 0.311 e. The van der Waals surface area contributed by atoms with E-state index in [9.17, 15) is 14.5 Å². The summed E-state index contributed by atoms with van der Waals surface area (Å²) in [6.45, 7) is 0. The van der Waals surface area contributed by atoms with Gasteiger partial charge in [-0.3, -0.25) is 10.1 Å². The largest absolute Gasteiger partial charge is 0.481 e. The predicted octanol–water partition coefficient (Wildman–Crippen LogP) is 1.14. The summed E-state index contributed by atoms with van der Waals surface area (Å²) in [5, 5.41) is 10.2. The fraction of sp³-hybridized carbons (Fsp3) is 0.167. The van der Waals surface area contributed by atoms with Crippen LogP contribution in [0.5, 0.6) is 5.88 Å². The van der Waals surface area contributed by atoms with E-state index in [1.807, 2.05) is 0 Å². The van der Waals surface area contributed by atoms with Crippen LogP contribution in [0.25, 0.3) is 0 Å². The molecule has 0 amide bonds. The van der Waals surface area contributed by atoms with Crippen LogP contribution < -0.4 is 4.74 Å². The first-order valence-electron chi connectivity index (χ1n) is 2.99. The molecule has 64 valence electrons. The summed E-state index contributed by atoms with van der Waals surface area (Å²) in [5.74, 6) is -0.955. The van der Waals surface area contributed by atoms with Gasteiger partial charge in [-0.2, -0.15) is 4.39 Å². The lowest BCUT2D eigenvalue weighted by Gasteiger charge is -1.97. The fourth-order valence-electron chi connectivity index (χ4n) is 0.661. The van der Waals surface area contributed by atoms with Gasteiger partial charge in [0.2, 0.25) is 11.7 Å². The summed E-state index contributed by atoms with van der Waals surface area (Å²) >= 11 is 0. The number of rotatable bonds is 2. The number of methoxy groups -OCH3 is 1. The molecule has 12 heavy (non-hydrogen) atoms. The van der Waals surface area contributed by atoms with Gasteiger partial charge in [-0.05, 0) is 0 Å².